The molecule has 0 spiro atoms. The molecule has 3 aromatic rings. The van der Waals surface area contributed by atoms with Gasteiger partial charge < -0.3 is 10.6 Å². The van der Waals surface area contributed by atoms with Crippen molar-refractivity contribution < 1.29 is 9.59 Å². The van der Waals surface area contributed by atoms with Crippen LogP contribution in [0.4, 0.5) is 11.6 Å². The quantitative estimate of drug-likeness (QED) is 0.774. The van der Waals surface area contributed by atoms with Crippen molar-refractivity contribution in [2.24, 2.45) is 0 Å². The molecule has 3 rings (SSSR count). The van der Waals surface area contributed by atoms with Gasteiger partial charge in [0.1, 0.15) is 18.0 Å². The summed E-state index contributed by atoms with van der Waals surface area (Å²) in [5, 5.41) is 5.34. The first kappa shape index (κ1) is 15.4. The zero-order valence-corrected chi connectivity index (χ0v) is 12.6. The number of amides is 2. The van der Waals surface area contributed by atoms with Crippen LogP contribution in [0.5, 0.6) is 0 Å². The molecule has 0 aliphatic rings. The number of aromatic nitrogens is 2. The molecule has 0 atom stereocenters. The predicted molar refractivity (Wildman–Crippen MR) is 90.8 cm³/mol. The summed E-state index contributed by atoms with van der Waals surface area (Å²) in [4.78, 5) is 32.2. The molecule has 0 saturated heterocycles. The fraction of sp³-hybridized carbons (Fsp3) is 0. The number of nitrogens with zero attached hydrogens (tertiary/aromatic N) is 2. The van der Waals surface area contributed by atoms with Gasteiger partial charge in [0.05, 0.1) is 0 Å². The molecule has 0 fully saturated rings. The molecule has 0 bridgehead atoms. The molecule has 0 unspecified atom stereocenters. The summed E-state index contributed by atoms with van der Waals surface area (Å²) in [6, 6.07) is 19.1. The van der Waals surface area contributed by atoms with Crippen molar-refractivity contribution in [2.75, 3.05) is 10.6 Å². The van der Waals surface area contributed by atoms with Crippen LogP contribution in [-0.4, -0.2) is 21.8 Å². The summed E-state index contributed by atoms with van der Waals surface area (Å²) in [7, 11) is 0. The largest absolute Gasteiger partial charge is 0.306 e. The lowest BCUT2D eigenvalue weighted by Crippen LogP contribution is -2.15. The number of hydrogen-bond acceptors (Lipinski definition) is 4. The topological polar surface area (TPSA) is 84.0 Å². The number of hydrogen-bond donors (Lipinski definition) is 2. The predicted octanol–water partition coefficient (Wildman–Crippen LogP) is 2.98. The van der Waals surface area contributed by atoms with E-state index in [0.29, 0.717) is 22.8 Å². The van der Waals surface area contributed by atoms with Gasteiger partial charge in [0.15, 0.2) is 0 Å². The molecule has 118 valence electrons. The normalized spacial score (nSPS) is 10.0. The molecular weight excluding hydrogens is 304 g/mol. The Bertz CT molecular complexity index is 782. The van der Waals surface area contributed by atoms with E-state index >= 15 is 0 Å². The highest BCUT2D eigenvalue weighted by Crippen LogP contribution is 2.12. The Balaban J connectivity index is 1.70. The van der Waals surface area contributed by atoms with E-state index in [1.165, 1.54) is 12.4 Å². The standard InChI is InChI=1S/C18H14N4O2/c23-17(13-7-3-1-4-8-13)21-15-11-16(20-12-19-15)22-18(24)14-9-5-2-6-10-14/h1-12H,(H2,19,20,21,22,23,24). The van der Waals surface area contributed by atoms with E-state index in [2.05, 4.69) is 20.6 Å². The van der Waals surface area contributed by atoms with Crippen molar-refractivity contribution in [2.45, 2.75) is 0 Å². The van der Waals surface area contributed by atoms with Gasteiger partial charge in [-0.2, -0.15) is 0 Å². The van der Waals surface area contributed by atoms with Gasteiger partial charge >= 0.3 is 0 Å². The second-order valence-corrected chi connectivity index (χ2v) is 4.93. The Morgan fingerprint density at radius 1 is 0.667 bits per heavy atom. The van der Waals surface area contributed by atoms with Crippen LogP contribution in [0.2, 0.25) is 0 Å². The summed E-state index contributed by atoms with van der Waals surface area (Å²) in [5.41, 5.74) is 1.04. The Kier molecular flexibility index (Phi) is 4.57. The van der Waals surface area contributed by atoms with Crippen molar-refractivity contribution in [3.63, 3.8) is 0 Å². The molecule has 1 aromatic heterocycles. The average Bonchev–Trinajstić information content (AvgIpc) is 2.63. The van der Waals surface area contributed by atoms with Crippen molar-refractivity contribution in [1.82, 2.24) is 9.97 Å². The van der Waals surface area contributed by atoms with Gasteiger partial charge in [0, 0.05) is 17.2 Å². The number of carbonyl (C=O) groups excluding carboxylic acids is 2. The van der Waals surface area contributed by atoms with Crippen LogP contribution >= 0.6 is 0 Å². The van der Waals surface area contributed by atoms with Crippen LogP contribution in [0.15, 0.2) is 73.1 Å². The van der Waals surface area contributed by atoms with Gasteiger partial charge in [-0.1, -0.05) is 36.4 Å². The summed E-state index contributed by atoms with van der Waals surface area (Å²) >= 11 is 0. The molecule has 24 heavy (non-hydrogen) atoms. The SMILES string of the molecule is O=C(Nc1cc(NC(=O)c2ccccc2)ncn1)c1ccccc1. The lowest BCUT2D eigenvalue weighted by Gasteiger charge is -2.07. The van der Waals surface area contributed by atoms with E-state index < -0.39 is 0 Å². The first-order valence-corrected chi connectivity index (χ1v) is 7.27. The number of benzene rings is 2. The van der Waals surface area contributed by atoms with Gasteiger partial charge in [-0.05, 0) is 24.3 Å². The van der Waals surface area contributed by atoms with Crippen LogP contribution in [0.1, 0.15) is 20.7 Å². The van der Waals surface area contributed by atoms with Gasteiger partial charge in [-0.15, -0.1) is 0 Å². The van der Waals surface area contributed by atoms with E-state index in [1.54, 1.807) is 48.5 Å². The monoisotopic (exact) mass is 318 g/mol. The van der Waals surface area contributed by atoms with Gasteiger partial charge in [-0.3, -0.25) is 9.59 Å². The first-order chi connectivity index (χ1) is 11.7. The molecule has 2 N–H and O–H groups in total. The van der Waals surface area contributed by atoms with Crippen LogP contribution in [-0.2, 0) is 0 Å². The van der Waals surface area contributed by atoms with Crippen molar-refractivity contribution in [1.29, 1.82) is 0 Å². The first-order valence-electron chi connectivity index (χ1n) is 7.27. The summed E-state index contributed by atoms with van der Waals surface area (Å²) in [6.07, 6.45) is 1.28. The minimum atomic E-state index is -0.283. The average molecular weight is 318 g/mol. The van der Waals surface area contributed by atoms with Gasteiger partial charge in [0.25, 0.3) is 11.8 Å². The molecule has 0 saturated carbocycles. The van der Waals surface area contributed by atoms with E-state index in [0.717, 1.165) is 0 Å². The molecule has 1 heterocycles. The minimum Gasteiger partial charge on any atom is -0.306 e. The maximum Gasteiger partial charge on any atom is 0.256 e. The fourth-order valence-electron chi connectivity index (χ4n) is 2.05. The summed E-state index contributed by atoms with van der Waals surface area (Å²) in [6.45, 7) is 0. The highest BCUT2D eigenvalue weighted by molar-refractivity contribution is 6.05. The maximum atomic E-state index is 12.1. The molecule has 6 heteroatoms. The van der Waals surface area contributed by atoms with Crippen LogP contribution in [0, 0.1) is 0 Å². The van der Waals surface area contributed by atoms with Crippen molar-refractivity contribution in [3.8, 4) is 0 Å². The second kappa shape index (κ2) is 7.15. The Hall–Kier alpha value is -3.54. The Morgan fingerprint density at radius 2 is 1.08 bits per heavy atom. The van der Waals surface area contributed by atoms with Crippen LogP contribution in [0.3, 0.4) is 0 Å². The Morgan fingerprint density at radius 3 is 1.50 bits per heavy atom. The Labute approximate surface area is 138 Å². The summed E-state index contributed by atoms with van der Waals surface area (Å²) in [5.74, 6) is 0.0497. The third-order valence-corrected chi connectivity index (χ3v) is 3.22. The zero-order chi connectivity index (χ0) is 16.8. The van der Waals surface area contributed by atoms with Crippen molar-refractivity contribution in [3.05, 3.63) is 84.2 Å². The van der Waals surface area contributed by atoms with E-state index in [9.17, 15) is 9.59 Å². The molecular formula is C18H14N4O2. The second-order valence-electron chi connectivity index (χ2n) is 4.93. The molecule has 0 radical (unpaired) electrons. The molecule has 6 nitrogen and oxygen atoms in total. The third kappa shape index (κ3) is 3.80. The van der Waals surface area contributed by atoms with E-state index in [-0.39, 0.29) is 11.8 Å². The van der Waals surface area contributed by atoms with Gasteiger partial charge in [0.2, 0.25) is 0 Å². The number of nitrogens with one attached hydrogen (secondary N) is 2. The minimum absolute atomic E-state index is 0.283. The van der Waals surface area contributed by atoms with Crippen LogP contribution in [0.25, 0.3) is 0 Å². The molecule has 2 amide bonds. The molecule has 2 aromatic carbocycles. The smallest absolute Gasteiger partial charge is 0.256 e. The molecule has 0 aliphatic carbocycles. The number of rotatable bonds is 4. The summed E-state index contributed by atoms with van der Waals surface area (Å²) < 4.78 is 0. The van der Waals surface area contributed by atoms with E-state index in [1.807, 2.05) is 12.1 Å². The zero-order valence-electron chi connectivity index (χ0n) is 12.6. The highest BCUT2D eigenvalue weighted by Gasteiger charge is 2.09. The lowest BCUT2D eigenvalue weighted by atomic mass is 10.2. The maximum absolute atomic E-state index is 12.1. The number of anilines is 2. The molecule has 0 aliphatic heterocycles. The fourth-order valence-corrected chi connectivity index (χ4v) is 2.05. The van der Waals surface area contributed by atoms with E-state index in [4.69, 9.17) is 0 Å². The number of carbonyl (C=O) groups is 2. The van der Waals surface area contributed by atoms with Gasteiger partial charge in [-0.25, -0.2) is 9.97 Å². The highest BCUT2D eigenvalue weighted by atomic mass is 16.2. The van der Waals surface area contributed by atoms with Crippen LogP contribution < -0.4 is 10.6 Å². The van der Waals surface area contributed by atoms with Crippen molar-refractivity contribution >= 4 is 23.5 Å². The lowest BCUT2D eigenvalue weighted by molar-refractivity contribution is 0.101. The third-order valence-electron chi connectivity index (χ3n) is 3.22.